The van der Waals surface area contributed by atoms with Crippen molar-refractivity contribution in [2.45, 2.75) is 23.3 Å². The summed E-state index contributed by atoms with van der Waals surface area (Å²) in [6.45, 7) is 1.64. The number of amides is 1. The van der Waals surface area contributed by atoms with Crippen LogP contribution in [-0.2, 0) is 4.79 Å². The van der Waals surface area contributed by atoms with Crippen molar-refractivity contribution in [2.75, 3.05) is 38.3 Å². The van der Waals surface area contributed by atoms with Gasteiger partial charge in [-0.05, 0) is 59.7 Å². The number of hydrogen-bond donors (Lipinski definition) is 0. The van der Waals surface area contributed by atoms with Gasteiger partial charge in [0.25, 0.3) is 5.91 Å². The maximum absolute atomic E-state index is 12.6. The molecule has 0 aromatic heterocycles. The number of benzene rings is 2. The molecule has 0 bridgehead atoms. The van der Waals surface area contributed by atoms with E-state index in [2.05, 4.69) is 24.3 Å². The SMILES string of the molecule is COc1ccc(C2CCN(C(=O)COc3ccc(C4SCCCS4)cc3)C2)cc1. The lowest BCUT2D eigenvalue weighted by atomic mass is 9.98. The van der Waals surface area contributed by atoms with Crippen molar-refractivity contribution in [2.24, 2.45) is 0 Å². The molecule has 0 saturated carbocycles. The zero-order valence-corrected chi connectivity index (χ0v) is 18.3. The highest BCUT2D eigenvalue weighted by molar-refractivity contribution is 8.16. The van der Waals surface area contributed by atoms with E-state index < -0.39 is 0 Å². The van der Waals surface area contributed by atoms with E-state index in [0.717, 1.165) is 31.0 Å². The van der Waals surface area contributed by atoms with Crippen LogP contribution in [0, 0.1) is 0 Å². The van der Waals surface area contributed by atoms with Gasteiger partial charge in [-0.3, -0.25) is 4.79 Å². The molecule has 4 nitrogen and oxygen atoms in total. The van der Waals surface area contributed by atoms with Crippen LogP contribution in [0.15, 0.2) is 48.5 Å². The van der Waals surface area contributed by atoms with Crippen molar-refractivity contribution in [3.05, 3.63) is 59.7 Å². The van der Waals surface area contributed by atoms with Gasteiger partial charge in [-0.25, -0.2) is 0 Å². The summed E-state index contributed by atoms with van der Waals surface area (Å²) in [5.41, 5.74) is 2.59. The van der Waals surface area contributed by atoms with E-state index in [1.54, 1.807) is 7.11 Å². The summed E-state index contributed by atoms with van der Waals surface area (Å²) in [7, 11) is 1.67. The molecule has 154 valence electrons. The van der Waals surface area contributed by atoms with Crippen LogP contribution in [0.25, 0.3) is 0 Å². The van der Waals surface area contributed by atoms with Gasteiger partial charge in [-0.15, -0.1) is 23.5 Å². The maximum atomic E-state index is 12.6. The monoisotopic (exact) mass is 429 g/mol. The topological polar surface area (TPSA) is 38.8 Å². The lowest BCUT2D eigenvalue weighted by Gasteiger charge is -2.21. The molecular formula is C23H27NO3S2. The third-order valence-corrected chi connectivity index (χ3v) is 8.48. The van der Waals surface area contributed by atoms with Gasteiger partial charge in [0.1, 0.15) is 11.5 Å². The summed E-state index contributed by atoms with van der Waals surface area (Å²) in [5.74, 6) is 4.53. The molecule has 1 amide bonds. The Morgan fingerprint density at radius 1 is 1.00 bits per heavy atom. The van der Waals surface area contributed by atoms with E-state index in [9.17, 15) is 4.79 Å². The number of hydrogen-bond acceptors (Lipinski definition) is 5. The van der Waals surface area contributed by atoms with Crippen molar-refractivity contribution in [3.63, 3.8) is 0 Å². The summed E-state index contributed by atoms with van der Waals surface area (Å²) in [6.07, 6.45) is 2.29. The molecule has 0 spiro atoms. The zero-order valence-electron chi connectivity index (χ0n) is 16.7. The number of rotatable bonds is 6. The lowest BCUT2D eigenvalue weighted by molar-refractivity contribution is -0.132. The molecule has 2 aliphatic heterocycles. The standard InChI is InChI=1S/C23H27NO3S2/c1-26-20-7-3-17(4-8-20)19-11-12-24(15-19)22(25)16-27-21-9-5-18(6-10-21)23-28-13-2-14-29-23/h3-10,19,23H,2,11-16H2,1H3. The second kappa shape index (κ2) is 9.81. The Labute approximate surface area is 181 Å². The second-order valence-corrected chi connectivity index (χ2v) is 10.1. The summed E-state index contributed by atoms with van der Waals surface area (Å²) in [5, 5.41) is 0. The molecule has 6 heteroatoms. The van der Waals surface area contributed by atoms with E-state index in [1.807, 2.05) is 52.7 Å². The first-order valence-corrected chi connectivity index (χ1v) is 12.2. The van der Waals surface area contributed by atoms with E-state index in [4.69, 9.17) is 9.47 Å². The smallest absolute Gasteiger partial charge is 0.260 e. The Hall–Kier alpha value is -1.79. The molecule has 0 radical (unpaired) electrons. The minimum atomic E-state index is 0.0588. The van der Waals surface area contributed by atoms with Gasteiger partial charge in [0.15, 0.2) is 6.61 Å². The minimum Gasteiger partial charge on any atom is -0.497 e. The molecule has 0 N–H and O–H groups in total. The van der Waals surface area contributed by atoms with Gasteiger partial charge in [-0.1, -0.05) is 24.3 Å². The molecule has 2 aromatic carbocycles. The molecule has 2 fully saturated rings. The van der Waals surface area contributed by atoms with Crippen molar-refractivity contribution >= 4 is 29.4 Å². The number of nitrogens with zero attached hydrogens (tertiary/aromatic N) is 1. The van der Waals surface area contributed by atoms with Crippen LogP contribution in [0.2, 0.25) is 0 Å². The third-order valence-electron chi connectivity index (χ3n) is 5.47. The fourth-order valence-corrected chi connectivity index (χ4v) is 6.67. The van der Waals surface area contributed by atoms with Crippen LogP contribution in [0.1, 0.15) is 34.5 Å². The highest BCUT2D eigenvalue weighted by Gasteiger charge is 2.27. The Kier molecular flexibility index (Phi) is 6.93. The molecule has 2 saturated heterocycles. The maximum Gasteiger partial charge on any atom is 0.260 e. The number of thioether (sulfide) groups is 2. The van der Waals surface area contributed by atoms with Gasteiger partial charge in [0.05, 0.1) is 11.7 Å². The molecule has 4 rings (SSSR count). The highest BCUT2D eigenvalue weighted by Crippen LogP contribution is 2.43. The highest BCUT2D eigenvalue weighted by atomic mass is 32.2. The average molecular weight is 430 g/mol. The van der Waals surface area contributed by atoms with Gasteiger partial charge >= 0.3 is 0 Å². The average Bonchev–Trinajstić information content (AvgIpc) is 3.29. The van der Waals surface area contributed by atoms with Crippen LogP contribution in [0.4, 0.5) is 0 Å². The van der Waals surface area contributed by atoms with E-state index in [0.29, 0.717) is 10.5 Å². The van der Waals surface area contributed by atoms with Gasteiger partial charge < -0.3 is 14.4 Å². The molecule has 1 atom stereocenters. The molecular weight excluding hydrogens is 402 g/mol. The van der Waals surface area contributed by atoms with Gasteiger partial charge in [0, 0.05) is 19.0 Å². The largest absolute Gasteiger partial charge is 0.497 e. The predicted octanol–water partition coefficient (Wildman–Crippen LogP) is 4.96. The van der Waals surface area contributed by atoms with Crippen LogP contribution < -0.4 is 9.47 Å². The number of carbonyl (C=O) groups is 1. The van der Waals surface area contributed by atoms with Crippen LogP contribution >= 0.6 is 23.5 Å². The van der Waals surface area contributed by atoms with Crippen molar-refractivity contribution in [3.8, 4) is 11.5 Å². The van der Waals surface area contributed by atoms with Crippen molar-refractivity contribution in [1.82, 2.24) is 4.90 Å². The first-order chi connectivity index (χ1) is 14.2. The van der Waals surface area contributed by atoms with Crippen LogP contribution in [0.3, 0.4) is 0 Å². The Morgan fingerprint density at radius 3 is 2.34 bits per heavy atom. The molecule has 1 unspecified atom stereocenters. The van der Waals surface area contributed by atoms with Crippen LogP contribution in [0.5, 0.6) is 11.5 Å². The number of likely N-dealkylation sites (tertiary alicyclic amines) is 1. The van der Waals surface area contributed by atoms with E-state index >= 15 is 0 Å². The quantitative estimate of drug-likeness (QED) is 0.649. The summed E-state index contributed by atoms with van der Waals surface area (Å²) >= 11 is 4.02. The summed E-state index contributed by atoms with van der Waals surface area (Å²) < 4.78 is 11.5. The van der Waals surface area contributed by atoms with Crippen molar-refractivity contribution < 1.29 is 14.3 Å². The number of ether oxygens (including phenoxy) is 2. The fraction of sp³-hybridized carbons (Fsp3) is 0.435. The Morgan fingerprint density at radius 2 is 1.66 bits per heavy atom. The van der Waals surface area contributed by atoms with Crippen molar-refractivity contribution in [1.29, 1.82) is 0 Å². The molecule has 2 heterocycles. The third kappa shape index (κ3) is 5.23. The summed E-state index contributed by atoms with van der Waals surface area (Å²) in [6, 6.07) is 16.4. The molecule has 29 heavy (non-hydrogen) atoms. The lowest BCUT2D eigenvalue weighted by Crippen LogP contribution is -2.32. The van der Waals surface area contributed by atoms with Crippen LogP contribution in [-0.4, -0.2) is 49.1 Å². The first kappa shape index (κ1) is 20.5. The molecule has 2 aromatic rings. The predicted molar refractivity (Wildman–Crippen MR) is 121 cm³/mol. The van der Waals surface area contributed by atoms with E-state index in [-0.39, 0.29) is 12.5 Å². The minimum absolute atomic E-state index is 0.0588. The number of methoxy groups -OCH3 is 1. The normalized spacial score (nSPS) is 19.9. The van der Waals surface area contributed by atoms with E-state index in [1.165, 1.54) is 29.1 Å². The Bertz CT molecular complexity index is 804. The number of carbonyl (C=O) groups excluding carboxylic acids is 1. The Balaban J connectivity index is 1.26. The molecule has 2 aliphatic rings. The zero-order chi connectivity index (χ0) is 20.1. The summed E-state index contributed by atoms with van der Waals surface area (Å²) in [4.78, 5) is 14.5. The second-order valence-electron chi connectivity index (χ2n) is 7.38. The first-order valence-electron chi connectivity index (χ1n) is 10.1. The fourth-order valence-electron chi connectivity index (χ4n) is 3.77. The van der Waals surface area contributed by atoms with Gasteiger partial charge in [0.2, 0.25) is 0 Å². The molecule has 0 aliphatic carbocycles. The van der Waals surface area contributed by atoms with Gasteiger partial charge in [-0.2, -0.15) is 0 Å².